The van der Waals surface area contributed by atoms with E-state index in [9.17, 15) is 18.0 Å². The van der Waals surface area contributed by atoms with Gasteiger partial charge in [0.15, 0.2) is 0 Å². The highest BCUT2D eigenvalue weighted by atomic mass is 35.5. The predicted molar refractivity (Wildman–Crippen MR) is 183 cm³/mol. The number of halogens is 1. The van der Waals surface area contributed by atoms with Crippen molar-refractivity contribution in [2.24, 2.45) is 5.92 Å². The third kappa shape index (κ3) is 10.4. The van der Waals surface area contributed by atoms with Gasteiger partial charge in [0.05, 0.1) is 11.9 Å². The highest BCUT2D eigenvalue weighted by molar-refractivity contribution is 7.92. The van der Waals surface area contributed by atoms with Gasteiger partial charge in [-0.15, -0.1) is 0 Å². The summed E-state index contributed by atoms with van der Waals surface area (Å²) < 4.78 is 33.1. The number of ether oxygens (including phenoxy) is 1. The second-order valence-corrected chi connectivity index (χ2v) is 13.9. The van der Waals surface area contributed by atoms with Crippen molar-refractivity contribution in [1.82, 2.24) is 10.2 Å². The van der Waals surface area contributed by atoms with Gasteiger partial charge in [-0.25, -0.2) is 8.42 Å². The number of amides is 2. The van der Waals surface area contributed by atoms with Crippen molar-refractivity contribution in [2.75, 3.05) is 23.7 Å². The highest BCUT2D eigenvalue weighted by Gasteiger charge is 2.33. The molecule has 1 N–H and O–H groups in total. The fourth-order valence-corrected chi connectivity index (χ4v) is 5.93. The largest absolute Gasteiger partial charge is 0.489 e. The van der Waals surface area contributed by atoms with Crippen LogP contribution in [0.4, 0.5) is 5.69 Å². The summed E-state index contributed by atoms with van der Waals surface area (Å²) in [5.74, 6) is -0.104. The van der Waals surface area contributed by atoms with Crippen LogP contribution in [0.25, 0.3) is 0 Å². The molecule has 0 fully saturated rings. The van der Waals surface area contributed by atoms with Crippen molar-refractivity contribution in [2.45, 2.75) is 39.5 Å². The summed E-state index contributed by atoms with van der Waals surface area (Å²) in [5, 5.41) is 3.46. The van der Waals surface area contributed by atoms with Crippen molar-refractivity contribution in [3.05, 3.63) is 131 Å². The Hall–Kier alpha value is -4.34. The minimum absolute atomic E-state index is 0.0514. The molecule has 0 spiro atoms. The van der Waals surface area contributed by atoms with E-state index in [4.69, 9.17) is 16.3 Å². The molecule has 0 aliphatic rings. The summed E-state index contributed by atoms with van der Waals surface area (Å²) in [5.41, 5.74) is 2.87. The summed E-state index contributed by atoms with van der Waals surface area (Å²) in [6, 6.07) is 31.8. The van der Waals surface area contributed by atoms with Crippen LogP contribution in [0.3, 0.4) is 0 Å². The molecule has 10 heteroatoms. The van der Waals surface area contributed by atoms with E-state index in [1.54, 1.807) is 42.5 Å². The van der Waals surface area contributed by atoms with Gasteiger partial charge in [0.25, 0.3) is 0 Å². The standard InChI is InChI=1S/C36H40ClN3O5S/c1-27(2)23-38-36(42)34(22-28-11-6-4-7-12-28)39(24-30-15-10-16-31(37)21-30)35(41)25-40(46(3,43)44)32-17-19-33(20-18-32)45-26-29-13-8-5-9-14-29/h4-21,27,34H,22-26H2,1-3H3,(H,38,42)/t34-/m0/s1. The van der Waals surface area contributed by atoms with Crippen molar-refractivity contribution in [3.63, 3.8) is 0 Å². The minimum atomic E-state index is -3.90. The molecule has 0 radical (unpaired) electrons. The zero-order valence-corrected chi connectivity index (χ0v) is 27.9. The van der Waals surface area contributed by atoms with Gasteiger partial charge in [0.1, 0.15) is 24.9 Å². The van der Waals surface area contributed by atoms with E-state index in [1.165, 1.54) is 4.90 Å². The molecule has 0 bridgehead atoms. The number of benzene rings is 4. The first-order valence-corrected chi connectivity index (χ1v) is 17.3. The molecule has 4 rings (SSSR count). The molecule has 0 aliphatic carbocycles. The number of nitrogens with one attached hydrogen (secondary N) is 1. The molecule has 4 aromatic rings. The van der Waals surface area contributed by atoms with Crippen LogP contribution in [0, 0.1) is 5.92 Å². The van der Waals surface area contributed by atoms with Gasteiger partial charge in [-0.2, -0.15) is 0 Å². The highest BCUT2D eigenvalue weighted by Crippen LogP contribution is 2.24. The minimum Gasteiger partial charge on any atom is -0.489 e. The van der Waals surface area contributed by atoms with E-state index in [-0.39, 0.29) is 24.8 Å². The van der Waals surface area contributed by atoms with Crippen LogP contribution >= 0.6 is 11.6 Å². The van der Waals surface area contributed by atoms with Crippen molar-refractivity contribution < 1.29 is 22.7 Å². The Kier molecular flexibility index (Phi) is 12.2. The molecule has 0 aliphatic heterocycles. The second-order valence-electron chi connectivity index (χ2n) is 11.5. The lowest BCUT2D eigenvalue weighted by Crippen LogP contribution is -2.53. The summed E-state index contributed by atoms with van der Waals surface area (Å²) in [6.07, 6.45) is 1.29. The van der Waals surface area contributed by atoms with Crippen LogP contribution in [0.5, 0.6) is 5.75 Å². The maximum atomic E-state index is 14.2. The number of anilines is 1. The smallest absolute Gasteiger partial charge is 0.244 e. The van der Waals surface area contributed by atoms with E-state index >= 15 is 0 Å². The van der Waals surface area contributed by atoms with E-state index in [0.717, 1.165) is 21.7 Å². The quantitative estimate of drug-likeness (QED) is 0.166. The van der Waals surface area contributed by atoms with Crippen LogP contribution in [0.2, 0.25) is 5.02 Å². The fraction of sp³-hybridized carbons (Fsp3) is 0.278. The molecular weight excluding hydrogens is 622 g/mol. The van der Waals surface area contributed by atoms with Gasteiger partial charge in [-0.3, -0.25) is 13.9 Å². The Balaban J connectivity index is 1.64. The number of sulfonamides is 1. The van der Waals surface area contributed by atoms with Crippen LogP contribution in [0.1, 0.15) is 30.5 Å². The van der Waals surface area contributed by atoms with Gasteiger partial charge < -0.3 is 15.0 Å². The summed E-state index contributed by atoms with van der Waals surface area (Å²) in [6.45, 7) is 4.31. The van der Waals surface area contributed by atoms with E-state index < -0.39 is 28.5 Å². The van der Waals surface area contributed by atoms with E-state index in [1.807, 2.05) is 80.6 Å². The first-order chi connectivity index (χ1) is 22.0. The maximum absolute atomic E-state index is 14.2. The molecule has 46 heavy (non-hydrogen) atoms. The predicted octanol–water partition coefficient (Wildman–Crippen LogP) is 6.10. The average Bonchev–Trinajstić information content (AvgIpc) is 3.04. The molecular formula is C36H40ClN3O5S. The van der Waals surface area contributed by atoms with Crippen molar-refractivity contribution in [3.8, 4) is 5.75 Å². The van der Waals surface area contributed by atoms with E-state index in [2.05, 4.69) is 5.32 Å². The number of carbonyl (C=O) groups excluding carboxylic acids is 2. The number of hydrogen-bond donors (Lipinski definition) is 1. The molecule has 0 unspecified atom stereocenters. The van der Waals surface area contributed by atoms with Gasteiger partial charge in [0, 0.05) is 24.5 Å². The Morgan fingerprint density at radius 3 is 2.02 bits per heavy atom. The fourth-order valence-electron chi connectivity index (χ4n) is 4.87. The second kappa shape index (κ2) is 16.3. The molecule has 0 saturated heterocycles. The van der Waals surface area contributed by atoms with Crippen molar-refractivity contribution in [1.29, 1.82) is 0 Å². The van der Waals surface area contributed by atoms with Gasteiger partial charge in [-0.1, -0.05) is 98.2 Å². The zero-order valence-electron chi connectivity index (χ0n) is 26.3. The molecule has 0 aromatic heterocycles. The lowest BCUT2D eigenvalue weighted by molar-refractivity contribution is -0.140. The maximum Gasteiger partial charge on any atom is 0.244 e. The Labute approximate surface area is 277 Å². The third-order valence-electron chi connectivity index (χ3n) is 7.25. The lowest BCUT2D eigenvalue weighted by atomic mass is 10.0. The third-order valence-corrected chi connectivity index (χ3v) is 8.63. The van der Waals surface area contributed by atoms with Gasteiger partial charge in [-0.05, 0) is 59.0 Å². The van der Waals surface area contributed by atoms with Gasteiger partial charge >= 0.3 is 0 Å². The number of nitrogens with zero attached hydrogens (tertiary/aromatic N) is 2. The molecule has 242 valence electrons. The summed E-state index contributed by atoms with van der Waals surface area (Å²) in [4.78, 5) is 29.4. The Morgan fingerprint density at radius 2 is 1.43 bits per heavy atom. The summed E-state index contributed by atoms with van der Waals surface area (Å²) >= 11 is 6.28. The molecule has 8 nitrogen and oxygen atoms in total. The SMILES string of the molecule is CC(C)CNC(=O)[C@H](Cc1ccccc1)N(Cc1cccc(Cl)c1)C(=O)CN(c1ccc(OCc2ccccc2)cc1)S(C)(=O)=O. The van der Waals surface area contributed by atoms with Crippen molar-refractivity contribution >= 4 is 39.1 Å². The van der Waals surface area contributed by atoms with Crippen LogP contribution in [-0.4, -0.2) is 50.5 Å². The Bertz CT molecular complexity index is 1680. The normalized spacial score (nSPS) is 11.9. The molecule has 0 heterocycles. The first-order valence-electron chi connectivity index (χ1n) is 15.1. The zero-order chi connectivity index (χ0) is 33.1. The Morgan fingerprint density at radius 1 is 0.826 bits per heavy atom. The average molecular weight is 662 g/mol. The van der Waals surface area contributed by atoms with E-state index in [0.29, 0.717) is 35.2 Å². The van der Waals surface area contributed by atoms with Gasteiger partial charge in [0.2, 0.25) is 21.8 Å². The number of carbonyl (C=O) groups is 2. The van der Waals surface area contributed by atoms with Crippen LogP contribution in [0.15, 0.2) is 109 Å². The lowest BCUT2D eigenvalue weighted by Gasteiger charge is -2.33. The topological polar surface area (TPSA) is 96.0 Å². The molecule has 1 atom stereocenters. The monoisotopic (exact) mass is 661 g/mol. The summed E-state index contributed by atoms with van der Waals surface area (Å²) in [7, 11) is -3.90. The number of hydrogen-bond acceptors (Lipinski definition) is 5. The van der Waals surface area contributed by atoms with Crippen LogP contribution in [-0.2, 0) is 39.2 Å². The molecule has 0 saturated carbocycles. The molecule has 2 amide bonds. The first kappa shape index (κ1) is 34.5. The van der Waals surface area contributed by atoms with Crippen LogP contribution < -0.4 is 14.4 Å². The number of rotatable bonds is 15. The molecule has 4 aromatic carbocycles.